The lowest BCUT2D eigenvalue weighted by atomic mass is 10.0. The number of anilines is 1. The molecule has 168 valence electrons. The van der Waals surface area contributed by atoms with Gasteiger partial charge in [0.2, 0.25) is 0 Å². The minimum Gasteiger partial charge on any atom is -0.372 e. The number of rotatable bonds is 3. The van der Waals surface area contributed by atoms with Crippen LogP contribution in [-0.2, 0) is 23.9 Å². The molecular formula is C21H22F3N7O. The summed E-state index contributed by atoms with van der Waals surface area (Å²) >= 11 is 0. The number of imidazole rings is 1. The predicted octanol–water partition coefficient (Wildman–Crippen LogP) is 3.53. The minimum atomic E-state index is -4.53. The Kier molecular flexibility index (Phi) is 4.40. The molecule has 1 saturated heterocycles. The third-order valence-electron chi connectivity index (χ3n) is 6.42. The van der Waals surface area contributed by atoms with E-state index in [1.54, 1.807) is 4.52 Å². The van der Waals surface area contributed by atoms with Gasteiger partial charge in [0.15, 0.2) is 11.5 Å². The molecule has 1 aliphatic carbocycles. The lowest BCUT2D eigenvalue weighted by molar-refractivity contribution is -0.142. The largest absolute Gasteiger partial charge is 0.433 e. The van der Waals surface area contributed by atoms with Crippen molar-refractivity contribution in [3.05, 3.63) is 40.6 Å². The summed E-state index contributed by atoms with van der Waals surface area (Å²) < 4.78 is 49.3. The molecule has 3 aliphatic rings. The summed E-state index contributed by atoms with van der Waals surface area (Å²) in [4.78, 5) is 19.5. The number of aromatic nitrogens is 6. The molecule has 11 heteroatoms. The highest BCUT2D eigenvalue weighted by molar-refractivity contribution is 5.73. The maximum Gasteiger partial charge on any atom is 0.433 e. The molecule has 0 spiro atoms. The Labute approximate surface area is 181 Å². The summed E-state index contributed by atoms with van der Waals surface area (Å²) in [5.74, 6) is 1.65. The number of fused-ring (bicyclic) bond motifs is 2. The predicted molar refractivity (Wildman–Crippen MR) is 107 cm³/mol. The topological polar surface area (TPSA) is 81.3 Å². The normalized spacial score (nSPS) is 21.4. The molecule has 3 aromatic heterocycles. The van der Waals surface area contributed by atoms with Gasteiger partial charge in [0.1, 0.15) is 35.3 Å². The van der Waals surface area contributed by atoms with Gasteiger partial charge in [-0.1, -0.05) is 0 Å². The van der Waals surface area contributed by atoms with Crippen LogP contribution in [0.3, 0.4) is 0 Å². The van der Waals surface area contributed by atoms with Crippen LogP contribution in [-0.4, -0.2) is 42.7 Å². The summed E-state index contributed by atoms with van der Waals surface area (Å²) in [6.45, 7) is 3.06. The average molecular weight is 445 g/mol. The lowest BCUT2D eigenvalue weighted by Gasteiger charge is -2.31. The molecule has 1 atom stereocenters. The fourth-order valence-electron chi connectivity index (χ4n) is 4.71. The monoisotopic (exact) mass is 445 g/mol. The fraction of sp³-hybridized carbons (Fsp3) is 0.571. The van der Waals surface area contributed by atoms with Gasteiger partial charge in [0, 0.05) is 37.6 Å². The van der Waals surface area contributed by atoms with Gasteiger partial charge in [0.05, 0.1) is 5.69 Å². The van der Waals surface area contributed by atoms with E-state index in [4.69, 9.17) is 4.74 Å². The second kappa shape index (κ2) is 7.09. The fourth-order valence-corrected chi connectivity index (χ4v) is 4.71. The van der Waals surface area contributed by atoms with E-state index in [1.807, 2.05) is 11.8 Å². The standard InChI is InChI=1S/C21H22F3N7O/c1-11-27-16(15-3-2-8-32-15)17-20(25-10-26-31(11)17)30-7-6-14-13(9-30)18(21(22,23)24)29-19(28-14)12-4-5-12/h10,12,15H,2-9H2,1H3/t15-/m0/s1. The van der Waals surface area contributed by atoms with Gasteiger partial charge in [-0.05, 0) is 32.6 Å². The van der Waals surface area contributed by atoms with Crippen LogP contribution in [0, 0.1) is 6.92 Å². The molecule has 32 heavy (non-hydrogen) atoms. The van der Waals surface area contributed by atoms with Crippen molar-refractivity contribution in [2.75, 3.05) is 18.1 Å². The number of alkyl halides is 3. The molecule has 2 aliphatic heterocycles. The molecule has 0 N–H and O–H groups in total. The zero-order valence-corrected chi connectivity index (χ0v) is 17.6. The van der Waals surface area contributed by atoms with Crippen LogP contribution in [0.1, 0.15) is 72.0 Å². The van der Waals surface area contributed by atoms with Crippen LogP contribution in [0.25, 0.3) is 5.52 Å². The smallest absolute Gasteiger partial charge is 0.372 e. The van der Waals surface area contributed by atoms with Gasteiger partial charge in [-0.3, -0.25) is 0 Å². The first-order chi connectivity index (χ1) is 15.4. The zero-order valence-electron chi connectivity index (χ0n) is 17.6. The number of hydrogen-bond donors (Lipinski definition) is 0. The maximum absolute atomic E-state index is 13.9. The highest BCUT2D eigenvalue weighted by Gasteiger charge is 2.41. The van der Waals surface area contributed by atoms with Crippen LogP contribution in [0.4, 0.5) is 19.0 Å². The van der Waals surface area contributed by atoms with E-state index >= 15 is 0 Å². The molecule has 6 rings (SSSR count). The van der Waals surface area contributed by atoms with Crippen LogP contribution < -0.4 is 4.90 Å². The van der Waals surface area contributed by atoms with Crippen molar-refractivity contribution in [2.24, 2.45) is 0 Å². The molecule has 3 aromatic rings. The number of nitrogens with zero attached hydrogens (tertiary/aromatic N) is 7. The number of ether oxygens (including phenoxy) is 1. The summed E-state index contributed by atoms with van der Waals surface area (Å²) in [7, 11) is 0. The van der Waals surface area contributed by atoms with E-state index in [-0.39, 0.29) is 24.1 Å². The molecule has 0 aromatic carbocycles. The van der Waals surface area contributed by atoms with Crippen LogP contribution in [0.15, 0.2) is 6.33 Å². The Hall–Kier alpha value is -2.82. The zero-order chi connectivity index (χ0) is 22.0. The molecule has 2 fully saturated rings. The molecule has 0 bridgehead atoms. The molecule has 0 amide bonds. The van der Waals surface area contributed by atoms with E-state index in [0.717, 1.165) is 31.4 Å². The SMILES string of the molecule is Cc1nc([C@@H]2CCCO2)c2c(N3CCc4nc(C5CC5)nc(C(F)(F)F)c4C3)ncnn12. The quantitative estimate of drug-likeness (QED) is 0.610. The maximum atomic E-state index is 13.9. The van der Waals surface area contributed by atoms with E-state index in [2.05, 4.69) is 25.0 Å². The Morgan fingerprint density at radius 3 is 2.69 bits per heavy atom. The first-order valence-electron chi connectivity index (χ1n) is 10.9. The summed E-state index contributed by atoms with van der Waals surface area (Å²) in [5, 5.41) is 4.32. The molecule has 1 saturated carbocycles. The molecule has 5 heterocycles. The average Bonchev–Trinajstić information content (AvgIpc) is 3.38. The van der Waals surface area contributed by atoms with Crippen molar-refractivity contribution in [1.29, 1.82) is 0 Å². The van der Waals surface area contributed by atoms with E-state index in [1.165, 1.54) is 6.33 Å². The second-order valence-electron chi connectivity index (χ2n) is 8.69. The Morgan fingerprint density at radius 2 is 1.97 bits per heavy atom. The highest BCUT2D eigenvalue weighted by atomic mass is 19.4. The van der Waals surface area contributed by atoms with Gasteiger partial charge < -0.3 is 9.64 Å². The first kappa shape index (κ1) is 19.8. The van der Waals surface area contributed by atoms with E-state index in [0.29, 0.717) is 48.2 Å². The van der Waals surface area contributed by atoms with Crippen molar-refractivity contribution in [2.45, 2.75) is 63.8 Å². The number of hydrogen-bond acceptors (Lipinski definition) is 7. The third-order valence-corrected chi connectivity index (χ3v) is 6.42. The van der Waals surface area contributed by atoms with Gasteiger partial charge in [0.25, 0.3) is 0 Å². The van der Waals surface area contributed by atoms with Crippen molar-refractivity contribution in [1.82, 2.24) is 29.5 Å². The first-order valence-corrected chi connectivity index (χ1v) is 10.9. The summed E-state index contributed by atoms with van der Waals surface area (Å²) in [6, 6.07) is 0. The Bertz CT molecular complexity index is 1200. The number of halogens is 3. The summed E-state index contributed by atoms with van der Waals surface area (Å²) in [5.41, 5.74) is 1.27. The van der Waals surface area contributed by atoms with Crippen molar-refractivity contribution < 1.29 is 17.9 Å². The van der Waals surface area contributed by atoms with Gasteiger partial charge in [-0.25, -0.2) is 24.5 Å². The molecule has 0 radical (unpaired) electrons. The molecular weight excluding hydrogens is 423 g/mol. The minimum absolute atomic E-state index is 0.0387. The highest BCUT2D eigenvalue weighted by Crippen LogP contribution is 2.42. The second-order valence-corrected chi connectivity index (χ2v) is 8.69. The number of aryl methyl sites for hydroxylation is 1. The third kappa shape index (κ3) is 3.21. The van der Waals surface area contributed by atoms with Crippen LogP contribution in [0.2, 0.25) is 0 Å². The summed E-state index contributed by atoms with van der Waals surface area (Å²) in [6.07, 6.45) is 0.633. The van der Waals surface area contributed by atoms with Gasteiger partial charge >= 0.3 is 6.18 Å². The van der Waals surface area contributed by atoms with Crippen molar-refractivity contribution in [3.8, 4) is 0 Å². The van der Waals surface area contributed by atoms with Crippen molar-refractivity contribution in [3.63, 3.8) is 0 Å². The Morgan fingerprint density at radius 1 is 1.12 bits per heavy atom. The molecule has 0 unspecified atom stereocenters. The van der Waals surface area contributed by atoms with Crippen molar-refractivity contribution >= 4 is 11.3 Å². The van der Waals surface area contributed by atoms with Crippen LogP contribution in [0.5, 0.6) is 0 Å². The van der Waals surface area contributed by atoms with E-state index in [9.17, 15) is 13.2 Å². The van der Waals surface area contributed by atoms with Gasteiger partial charge in [-0.2, -0.15) is 18.3 Å². The van der Waals surface area contributed by atoms with Crippen LogP contribution >= 0.6 is 0 Å². The van der Waals surface area contributed by atoms with Gasteiger partial charge in [-0.15, -0.1) is 0 Å². The Balaban J connectivity index is 1.44. The lowest BCUT2D eigenvalue weighted by Crippen LogP contribution is -2.35. The van der Waals surface area contributed by atoms with E-state index < -0.39 is 11.9 Å². The molecule has 8 nitrogen and oxygen atoms in total.